The van der Waals surface area contributed by atoms with E-state index in [0.29, 0.717) is 0 Å². The number of nitrogens with zero attached hydrogens (tertiary/aromatic N) is 1. The van der Waals surface area contributed by atoms with Gasteiger partial charge < -0.3 is 10.2 Å². The van der Waals surface area contributed by atoms with E-state index in [9.17, 15) is 0 Å². The lowest BCUT2D eigenvalue weighted by atomic mass is 10.5. The highest BCUT2D eigenvalue weighted by Crippen LogP contribution is 2.04. The van der Waals surface area contributed by atoms with E-state index >= 15 is 0 Å². The molecule has 0 fully saturated rings. The van der Waals surface area contributed by atoms with Crippen LogP contribution in [0.3, 0.4) is 0 Å². The molecule has 0 saturated heterocycles. The Morgan fingerprint density at radius 3 is 2.57 bits per heavy atom. The zero-order valence-corrected chi connectivity index (χ0v) is 4.60. The monoisotopic (exact) mass is 97.1 g/mol. The largest absolute Gasteiger partial charge is 0.367 e. The van der Waals surface area contributed by atoms with Gasteiger partial charge >= 0.3 is 0 Å². The molecule has 1 aliphatic rings. The fourth-order valence-electron chi connectivity index (χ4n) is 0.473. The molecule has 0 spiro atoms. The topological polar surface area (TPSA) is 15.3 Å². The van der Waals surface area contributed by atoms with Crippen molar-refractivity contribution in [3.63, 3.8) is 0 Å². The Balaban J connectivity index is 2.54. The Morgan fingerprint density at radius 1 is 1.71 bits per heavy atom. The zero-order chi connectivity index (χ0) is 5.28. The Labute approximate surface area is 43.8 Å². The SMILES string of the molecule is CC1=CN[CH]N1C. The molecule has 0 atom stereocenters. The average Bonchev–Trinajstić information content (AvgIpc) is 1.91. The number of hydrogen-bond acceptors (Lipinski definition) is 2. The molecular weight excluding hydrogens is 88.1 g/mol. The molecule has 39 valence electrons. The zero-order valence-electron chi connectivity index (χ0n) is 4.60. The Morgan fingerprint density at radius 2 is 2.43 bits per heavy atom. The summed E-state index contributed by atoms with van der Waals surface area (Å²) in [5, 5.41) is 2.96. The van der Waals surface area contributed by atoms with Gasteiger partial charge in [0.2, 0.25) is 0 Å². The van der Waals surface area contributed by atoms with E-state index in [0.717, 1.165) is 0 Å². The summed E-state index contributed by atoms with van der Waals surface area (Å²) in [6, 6.07) is 0. The van der Waals surface area contributed by atoms with Crippen molar-refractivity contribution in [3.8, 4) is 0 Å². The lowest BCUT2D eigenvalue weighted by Crippen LogP contribution is -2.10. The van der Waals surface area contributed by atoms with E-state index < -0.39 is 0 Å². The molecule has 2 nitrogen and oxygen atoms in total. The number of allylic oxidation sites excluding steroid dienone is 1. The van der Waals surface area contributed by atoms with Gasteiger partial charge in [-0.05, 0) is 6.92 Å². The summed E-state index contributed by atoms with van der Waals surface area (Å²) in [6.45, 7) is 3.96. The average molecular weight is 97.1 g/mol. The van der Waals surface area contributed by atoms with Gasteiger partial charge in [-0.3, -0.25) is 0 Å². The van der Waals surface area contributed by atoms with Crippen molar-refractivity contribution in [3.05, 3.63) is 18.6 Å². The molecule has 0 aromatic heterocycles. The molecule has 0 bridgehead atoms. The van der Waals surface area contributed by atoms with E-state index in [1.165, 1.54) is 5.70 Å². The summed E-state index contributed by atoms with van der Waals surface area (Å²) in [7, 11) is 2.01. The third-order valence-electron chi connectivity index (χ3n) is 1.12. The second kappa shape index (κ2) is 1.45. The fourth-order valence-corrected chi connectivity index (χ4v) is 0.473. The molecule has 1 N–H and O–H groups in total. The number of rotatable bonds is 0. The summed E-state index contributed by atoms with van der Waals surface area (Å²) in [4.78, 5) is 2.03. The normalized spacial score (nSPS) is 19.1. The van der Waals surface area contributed by atoms with Gasteiger partial charge in [0.1, 0.15) is 6.67 Å². The molecule has 2 heteroatoms. The van der Waals surface area contributed by atoms with E-state index in [4.69, 9.17) is 0 Å². The third-order valence-corrected chi connectivity index (χ3v) is 1.12. The first kappa shape index (κ1) is 4.50. The van der Waals surface area contributed by atoms with E-state index in [1.807, 2.05) is 24.8 Å². The minimum atomic E-state index is 1.25. The Hall–Kier alpha value is -0.660. The Kier molecular flexibility index (Phi) is 0.929. The van der Waals surface area contributed by atoms with Crippen LogP contribution in [-0.4, -0.2) is 11.9 Å². The lowest BCUT2D eigenvalue weighted by molar-refractivity contribution is 0.519. The summed E-state index contributed by atoms with van der Waals surface area (Å²) >= 11 is 0. The van der Waals surface area contributed by atoms with Crippen molar-refractivity contribution >= 4 is 0 Å². The maximum absolute atomic E-state index is 2.96. The molecule has 0 amide bonds. The lowest BCUT2D eigenvalue weighted by Gasteiger charge is -2.07. The molecule has 0 aromatic carbocycles. The van der Waals surface area contributed by atoms with Crippen LogP contribution in [0.25, 0.3) is 0 Å². The number of hydrogen-bond donors (Lipinski definition) is 1. The molecule has 1 radical (unpaired) electrons. The second-order valence-electron chi connectivity index (χ2n) is 1.69. The van der Waals surface area contributed by atoms with Crippen molar-refractivity contribution < 1.29 is 0 Å². The van der Waals surface area contributed by atoms with Crippen LogP contribution in [0, 0.1) is 6.67 Å². The van der Waals surface area contributed by atoms with Crippen LogP contribution in [0.5, 0.6) is 0 Å². The maximum Gasteiger partial charge on any atom is 0.138 e. The van der Waals surface area contributed by atoms with Crippen LogP contribution in [0.1, 0.15) is 6.92 Å². The van der Waals surface area contributed by atoms with Gasteiger partial charge in [0.15, 0.2) is 0 Å². The highest BCUT2D eigenvalue weighted by atomic mass is 15.2. The highest BCUT2D eigenvalue weighted by Gasteiger charge is 2.02. The molecule has 1 rings (SSSR count). The van der Waals surface area contributed by atoms with Crippen LogP contribution < -0.4 is 5.32 Å². The first-order valence-corrected chi connectivity index (χ1v) is 2.30. The first-order valence-electron chi connectivity index (χ1n) is 2.30. The van der Waals surface area contributed by atoms with Crippen molar-refractivity contribution in [2.24, 2.45) is 0 Å². The van der Waals surface area contributed by atoms with Crippen molar-refractivity contribution in [1.82, 2.24) is 10.2 Å². The van der Waals surface area contributed by atoms with Gasteiger partial charge in [-0.2, -0.15) is 0 Å². The minimum Gasteiger partial charge on any atom is -0.367 e. The Bertz CT molecular complexity index is 96.3. The molecule has 7 heavy (non-hydrogen) atoms. The quantitative estimate of drug-likeness (QED) is 0.473. The number of nitrogens with one attached hydrogen (secondary N) is 1. The summed E-state index contributed by atoms with van der Waals surface area (Å²) < 4.78 is 0. The van der Waals surface area contributed by atoms with Crippen LogP contribution in [0.2, 0.25) is 0 Å². The molecule has 0 saturated carbocycles. The predicted octanol–water partition coefficient (Wildman–Crippen LogP) is 0.502. The molecular formula is C5H9N2. The van der Waals surface area contributed by atoms with Crippen molar-refractivity contribution in [1.29, 1.82) is 0 Å². The van der Waals surface area contributed by atoms with Gasteiger partial charge in [-0.25, -0.2) is 0 Å². The van der Waals surface area contributed by atoms with E-state index in [2.05, 4.69) is 12.2 Å². The highest BCUT2D eigenvalue weighted by molar-refractivity contribution is 5.04. The standard InChI is InChI=1S/C5H9N2/c1-5-3-6-4-7(5)2/h3-4,6H,1-2H3. The summed E-state index contributed by atoms with van der Waals surface area (Å²) in [5.74, 6) is 0. The van der Waals surface area contributed by atoms with Crippen molar-refractivity contribution in [2.45, 2.75) is 6.92 Å². The third kappa shape index (κ3) is 0.683. The summed E-state index contributed by atoms with van der Waals surface area (Å²) in [6.07, 6.45) is 1.96. The molecule has 1 aliphatic heterocycles. The van der Waals surface area contributed by atoms with Gasteiger partial charge in [-0.15, -0.1) is 0 Å². The molecule has 0 aromatic rings. The fraction of sp³-hybridized carbons (Fsp3) is 0.400. The molecule has 0 aliphatic carbocycles. The smallest absolute Gasteiger partial charge is 0.138 e. The van der Waals surface area contributed by atoms with Crippen LogP contribution in [-0.2, 0) is 0 Å². The molecule has 0 unspecified atom stereocenters. The van der Waals surface area contributed by atoms with Gasteiger partial charge in [0, 0.05) is 18.9 Å². The van der Waals surface area contributed by atoms with Crippen LogP contribution >= 0.6 is 0 Å². The summed E-state index contributed by atoms with van der Waals surface area (Å²) in [5.41, 5.74) is 1.25. The van der Waals surface area contributed by atoms with Gasteiger partial charge in [0.25, 0.3) is 0 Å². The van der Waals surface area contributed by atoms with Crippen molar-refractivity contribution in [2.75, 3.05) is 7.05 Å². The van der Waals surface area contributed by atoms with E-state index in [-0.39, 0.29) is 0 Å². The maximum atomic E-state index is 2.96. The minimum absolute atomic E-state index is 1.25. The second-order valence-corrected chi connectivity index (χ2v) is 1.69. The molecule has 1 heterocycles. The van der Waals surface area contributed by atoms with Crippen LogP contribution in [0.4, 0.5) is 0 Å². The van der Waals surface area contributed by atoms with Crippen LogP contribution in [0.15, 0.2) is 11.9 Å². The predicted molar refractivity (Wildman–Crippen MR) is 29.0 cm³/mol. The van der Waals surface area contributed by atoms with E-state index in [1.54, 1.807) is 0 Å². The first-order chi connectivity index (χ1) is 3.30. The van der Waals surface area contributed by atoms with Gasteiger partial charge in [0.05, 0.1) is 0 Å². The van der Waals surface area contributed by atoms with Gasteiger partial charge in [-0.1, -0.05) is 0 Å².